The fourth-order valence-corrected chi connectivity index (χ4v) is 2.27. The molecular weight excluding hydrogens is 213 g/mol. The van der Waals surface area contributed by atoms with Gasteiger partial charge in [-0.05, 0) is 17.8 Å². The molecule has 1 aromatic carbocycles. The Morgan fingerprint density at radius 2 is 2.06 bits per heavy atom. The summed E-state index contributed by atoms with van der Waals surface area (Å²) in [6.07, 6.45) is 3.73. The second-order valence-electron chi connectivity index (χ2n) is 4.40. The summed E-state index contributed by atoms with van der Waals surface area (Å²) in [5.74, 6) is 0.391. The summed E-state index contributed by atoms with van der Waals surface area (Å²) >= 11 is 0. The van der Waals surface area contributed by atoms with Crippen LogP contribution in [0, 0.1) is 0 Å². The van der Waals surface area contributed by atoms with Crippen molar-refractivity contribution in [3.05, 3.63) is 35.9 Å². The fourth-order valence-electron chi connectivity index (χ4n) is 2.27. The molecule has 0 aromatic heterocycles. The lowest BCUT2D eigenvalue weighted by molar-refractivity contribution is 0.0434. The topological polar surface area (TPSA) is 44.5 Å². The monoisotopic (exact) mass is 232 g/mol. The summed E-state index contributed by atoms with van der Waals surface area (Å²) in [7, 11) is 1.85. The molecule has 1 aliphatic carbocycles. The highest BCUT2D eigenvalue weighted by molar-refractivity contribution is 6.29. The molecule has 0 aliphatic heterocycles. The van der Waals surface area contributed by atoms with Gasteiger partial charge in [0, 0.05) is 0 Å². The van der Waals surface area contributed by atoms with Crippen LogP contribution in [-0.4, -0.2) is 20.3 Å². The first-order valence-corrected chi connectivity index (χ1v) is 6.20. The Hall–Kier alpha value is -0.835. The molecule has 2 N–H and O–H groups in total. The van der Waals surface area contributed by atoms with Crippen molar-refractivity contribution in [2.75, 3.05) is 6.73 Å². The normalized spacial score (nSPS) is 23.8. The maximum Gasteiger partial charge on any atom is 0.300 e. The Labute approximate surface area is 104 Å². The van der Waals surface area contributed by atoms with Crippen LogP contribution in [0.5, 0.6) is 0 Å². The van der Waals surface area contributed by atoms with Gasteiger partial charge in [0.05, 0.1) is 19.4 Å². The average molecular weight is 232 g/mol. The van der Waals surface area contributed by atoms with E-state index in [9.17, 15) is 0 Å². The van der Waals surface area contributed by atoms with Crippen molar-refractivity contribution >= 4 is 7.48 Å². The van der Waals surface area contributed by atoms with Crippen molar-refractivity contribution < 1.29 is 9.39 Å². The third kappa shape index (κ3) is 3.84. The van der Waals surface area contributed by atoms with Gasteiger partial charge >= 0.3 is 0 Å². The molecule has 1 fully saturated rings. The van der Waals surface area contributed by atoms with Gasteiger partial charge in [-0.15, -0.1) is 0 Å². The first-order chi connectivity index (χ1) is 8.40. The molecule has 0 bridgehead atoms. The molecular formula is C13H19BNO2. The van der Waals surface area contributed by atoms with E-state index in [1.165, 1.54) is 12.0 Å². The van der Waals surface area contributed by atoms with Crippen molar-refractivity contribution in [1.29, 1.82) is 0 Å². The van der Waals surface area contributed by atoms with Gasteiger partial charge in [0.2, 0.25) is 0 Å². The SMILES string of the molecule is NCO[B][C@@H]1CCC[C@H]1OCc1ccccc1. The summed E-state index contributed by atoms with van der Waals surface area (Å²) in [5, 5.41) is 0. The van der Waals surface area contributed by atoms with Gasteiger partial charge in [-0.3, -0.25) is 0 Å². The zero-order valence-electron chi connectivity index (χ0n) is 10.0. The van der Waals surface area contributed by atoms with Crippen molar-refractivity contribution in [2.45, 2.75) is 37.8 Å². The summed E-state index contributed by atoms with van der Waals surface area (Å²) in [4.78, 5) is 0. The lowest BCUT2D eigenvalue weighted by Crippen LogP contribution is -2.22. The van der Waals surface area contributed by atoms with Crippen LogP contribution in [0.3, 0.4) is 0 Å². The molecule has 1 aliphatic rings. The second-order valence-corrected chi connectivity index (χ2v) is 4.40. The maximum atomic E-state index is 5.95. The van der Waals surface area contributed by atoms with Crippen molar-refractivity contribution in [2.24, 2.45) is 5.73 Å². The number of rotatable bonds is 6. The van der Waals surface area contributed by atoms with Crippen LogP contribution in [-0.2, 0) is 16.0 Å². The molecule has 17 heavy (non-hydrogen) atoms. The summed E-state index contributed by atoms with van der Waals surface area (Å²) in [6, 6.07) is 10.3. The molecule has 4 heteroatoms. The molecule has 3 nitrogen and oxygen atoms in total. The van der Waals surface area contributed by atoms with Crippen molar-refractivity contribution in [3.63, 3.8) is 0 Å². The number of nitrogens with two attached hydrogens (primary N) is 1. The van der Waals surface area contributed by atoms with Crippen LogP contribution >= 0.6 is 0 Å². The highest BCUT2D eigenvalue weighted by Gasteiger charge is 2.29. The van der Waals surface area contributed by atoms with E-state index in [1.54, 1.807) is 0 Å². The minimum Gasteiger partial charge on any atom is -0.428 e. The van der Waals surface area contributed by atoms with E-state index in [4.69, 9.17) is 15.1 Å². The van der Waals surface area contributed by atoms with Crippen molar-refractivity contribution in [1.82, 2.24) is 0 Å². The number of hydrogen-bond acceptors (Lipinski definition) is 3. The summed E-state index contributed by atoms with van der Waals surface area (Å²) < 4.78 is 11.1. The van der Waals surface area contributed by atoms with Crippen LogP contribution in [0.1, 0.15) is 24.8 Å². The maximum absolute atomic E-state index is 5.95. The third-order valence-corrected chi connectivity index (χ3v) is 3.18. The molecule has 2 rings (SSSR count). The molecule has 1 radical (unpaired) electrons. The third-order valence-electron chi connectivity index (χ3n) is 3.18. The number of benzene rings is 1. The number of ether oxygens (including phenoxy) is 1. The molecule has 0 heterocycles. The smallest absolute Gasteiger partial charge is 0.300 e. The minimum atomic E-state index is 0.252. The lowest BCUT2D eigenvalue weighted by Gasteiger charge is -2.18. The Morgan fingerprint density at radius 3 is 2.82 bits per heavy atom. The zero-order valence-corrected chi connectivity index (χ0v) is 10.0. The van der Waals surface area contributed by atoms with E-state index in [-0.39, 0.29) is 12.8 Å². The quantitative estimate of drug-likeness (QED) is 0.603. The molecule has 2 atom stereocenters. The fraction of sp³-hybridized carbons (Fsp3) is 0.538. The van der Waals surface area contributed by atoms with E-state index in [0.29, 0.717) is 12.4 Å². The molecule has 0 amide bonds. The Morgan fingerprint density at radius 1 is 1.24 bits per heavy atom. The van der Waals surface area contributed by atoms with Gasteiger partial charge < -0.3 is 15.1 Å². The lowest BCUT2D eigenvalue weighted by atomic mass is 9.77. The van der Waals surface area contributed by atoms with E-state index >= 15 is 0 Å². The first kappa shape index (κ1) is 12.6. The van der Waals surface area contributed by atoms with Crippen molar-refractivity contribution in [3.8, 4) is 0 Å². The van der Waals surface area contributed by atoms with Crippen LogP contribution in [0.15, 0.2) is 30.3 Å². The van der Waals surface area contributed by atoms with E-state index in [0.717, 1.165) is 12.8 Å². The molecule has 1 saturated carbocycles. The average Bonchev–Trinajstić information content (AvgIpc) is 2.82. The largest absolute Gasteiger partial charge is 0.428 e. The Kier molecular flexibility index (Phi) is 5.04. The van der Waals surface area contributed by atoms with Gasteiger partial charge in [-0.25, -0.2) is 0 Å². The van der Waals surface area contributed by atoms with Gasteiger partial charge in [-0.2, -0.15) is 0 Å². The zero-order chi connectivity index (χ0) is 11.9. The Bertz CT molecular complexity index is 320. The number of hydrogen-bond donors (Lipinski definition) is 1. The standard InChI is InChI=1S/C13H19BNO2/c15-10-17-14-12-7-4-8-13(12)16-9-11-5-2-1-3-6-11/h1-3,5-6,12-13H,4,7-10,15H2/t12-,13-/m1/s1. The van der Waals surface area contributed by atoms with Gasteiger partial charge in [-0.1, -0.05) is 43.2 Å². The van der Waals surface area contributed by atoms with Gasteiger partial charge in [0.15, 0.2) is 0 Å². The molecule has 1 aromatic rings. The van der Waals surface area contributed by atoms with E-state index in [2.05, 4.69) is 12.1 Å². The summed E-state index contributed by atoms with van der Waals surface area (Å²) in [5.41, 5.74) is 6.54. The van der Waals surface area contributed by atoms with Crippen LogP contribution < -0.4 is 5.73 Å². The molecule has 91 valence electrons. The van der Waals surface area contributed by atoms with E-state index in [1.807, 2.05) is 25.7 Å². The molecule has 0 saturated heterocycles. The highest BCUT2D eigenvalue weighted by atomic mass is 16.5. The Balaban J connectivity index is 1.78. The minimum absolute atomic E-state index is 0.252. The molecule has 0 unspecified atom stereocenters. The van der Waals surface area contributed by atoms with Crippen LogP contribution in [0.25, 0.3) is 0 Å². The summed E-state index contributed by atoms with van der Waals surface area (Å²) in [6.45, 7) is 0.931. The molecule has 0 spiro atoms. The predicted molar refractivity (Wildman–Crippen MR) is 68.5 cm³/mol. The van der Waals surface area contributed by atoms with Crippen LogP contribution in [0.4, 0.5) is 0 Å². The highest BCUT2D eigenvalue weighted by Crippen LogP contribution is 2.33. The second kappa shape index (κ2) is 6.79. The van der Waals surface area contributed by atoms with Gasteiger partial charge in [0.1, 0.15) is 0 Å². The van der Waals surface area contributed by atoms with Gasteiger partial charge in [0.25, 0.3) is 7.48 Å². The first-order valence-electron chi connectivity index (χ1n) is 6.20. The van der Waals surface area contributed by atoms with Crippen LogP contribution in [0.2, 0.25) is 5.82 Å². The van der Waals surface area contributed by atoms with E-state index < -0.39 is 0 Å². The predicted octanol–water partition coefficient (Wildman–Crippen LogP) is 2.10.